The van der Waals surface area contributed by atoms with Crippen LogP contribution in [0.5, 0.6) is 0 Å². The number of nitrogen functional groups attached to an aromatic ring is 1. The summed E-state index contributed by atoms with van der Waals surface area (Å²) >= 11 is 1.47. The number of nitriles is 1. The summed E-state index contributed by atoms with van der Waals surface area (Å²) in [4.78, 5) is 21.1. The molecule has 1 amide bonds. The molecule has 0 spiro atoms. The first-order chi connectivity index (χ1) is 15.7. The average molecular weight is 444 g/mol. The number of thiazole rings is 1. The van der Waals surface area contributed by atoms with Crippen LogP contribution >= 0.6 is 11.3 Å². The zero-order valence-electron chi connectivity index (χ0n) is 17.2. The summed E-state index contributed by atoms with van der Waals surface area (Å²) in [5.74, 6) is 0.225. The summed E-state index contributed by atoms with van der Waals surface area (Å²) in [7, 11) is 0. The second-order valence-corrected chi connectivity index (χ2v) is 7.91. The minimum absolute atomic E-state index is 0.0993. The quantitative estimate of drug-likeness (QED) is 0.403. The topological polar surface area (TPSA) is 123 Å². The van der Waals surface area contributed by atoms with E-state index in [1.807, 2.05) is 53.9 Å². The molecule has 0 saturated carbocycles. The number of aryl methyl sites for hydroxylation is 1. The van der Waals surface area contributed by atoms with Crippen LogP contribution in [0.2, 0.25) is 0 Å². The van der Waals surface area contributed by atoms with Gasteiger partial charge in [-0.3, -0.25) is 9.78 Å². The van der Waals surface area contributed by atoms with E-state index in [2.05, 4.69) is 26.5 Å². The Kier molecular flexibility index (Phi) is 6.53. The lowest BCUT2D eigenvalue weighted by Gasteiger charge is -2.03. The van der Waals surface area contributed by atoms with Crippen LogP contribution in [0, 0.1) is 11.3 Å². The van der Waals surface area contributed by atoms with Crippen molar-refractivity contribution in [1.29, 1.82) is 5.26 Å². The van der Waals surface area contributed by atoms with E-state index < -0.39 is 0 Å². The Morgan fingerprint density at radius 1 is 1.19 bits per heavy atom. The van der Waals surface area contributed by atoms with Crippen LogP contribution < -0.4 is 11.1 Å². The number of carbonyl (C=O) groups excluding carboxylic acids is 1. The maximum absolute atomic E-state index is 12.3. The molecule has 1 aromatic carbocycles. The highest BCUT2D eigenvalue weighted by Crippen LogP contribution is 2.22. The van der Waals surface area contributed by atoms with E-state index in [1.165, 1.54) is 11.3 Å². The fraction of sp³-hybridized carbons (Fsp3) is 0.174. The number of para-hydroxylation sites is 1. The Morgan fingerprint density at radius 3 is 2.75 bits per heavy atom. The average Bonchev–Trinajstić information content (AvgIpc) is 3.42. The molecule has 3 aromatic heterocycles. The largest absolute Gasteiger partial charge is 0.382 e. The summed E-state index contributed by atoms with van der Waals surface area (Å²) in [6.07, 6.45) is 3.11. The minimum Gasteiger partial charge on any atom is -0.382 e. The number of anilines is 1. The molecule has 4 rings (SSSR count). The molecule has 0 radical (unpaired) electrons. The number of rotatable bonds is 8. The van der Waals surface area contributed by atoms with Crippen LogP contribution in [0.25, 0.3) is 16.4 Å². The predicted octanol–water partition coefficient (Wildman–Crippen LogP) is 3.14. The summed E-state index contributed by atoms with van der Waals surface area (Å²) in [5.41, 5.74) is 9.45. The maximum Gasteiger partial charge on any atom is 0.226 e. The number of aromatic nitrogens is 4. The van der Waals surface area contributed by atoms with E-state index in [9.17, 15) is 10.1 Å². The van der Waals surface area contributed by atoms with Crippen molar-refractivity contribution in [3.8, 4) is 22.5 Å². The molecule has 0 fully saturated rings. The normalized spacial score (nSPS) is 10.6. The van der Waals surface area contributed by atoms with Gasteiger partial charge in [0.1, 0.15) is 22.5 Å². The van der Waals surface area contributed by atoms with Crippen molar-refractivity contribution < 1.29 is 4.79 Å². The number of hydrogen-bond donors (Lipinski definition) is 2. The van der Waals surface area contributed by atoms with E-state index in [0.717, 1.165) is 16.4 Å². The molecule has 0 bridgehead atoms. The number of carbonyl (C=O) groups is 1. The highest BCUT2D eigenvalue weighted by atomic mass is 32.1. The van der Waals surface area contributed by atoms with E-state index in [1.54, 1.807) is 10.9 Å². The monoisotopic (exact) mass is 443 g/mol. The standard InChI is InChI=1S/C23H21N7OS/c24-14-18-19(29-30(22(18)25)17-7-2-1-3-8-17)10-6-12-27-21(31)13-16-15-32-23(28-16)20-9-4-5-11-26-20/h1-5,7-9,11,15H,6,10,12-13,25H2,(H,27,31). The molecule has 8 nitrogen and oxygen atoms in total. The molecule has 9 heteroatoms. The van der Waals surface area contributed by atoms with Crippen molar-refractivity contribution in [3.63, 3.8) is 0 Å². The van der Waals surface area contributed by atoms with Crippen LogP contribution in [0.4, 0.5) is 5.82 Å². The molecular formula is C23H21N7OS. The second kappa shape index (κ2) is 9.85. The molecule has 0 atom stereocenters. The molecule has 4 aromatic rings. The summed E-state index contributed by atoms with van der Waals surface area (Å²) in [6, 6.07) is 17.2. The lowest BCUT2D eigenvalue weighted by molar-refractivity contribution is -0.120. The highest BCUT2D eigenvalue weighted by molar-refractivity contribution is 7.13. The molecule has 0 aliphatic heterocycles. The van der Waals surface area contributed by atoms with E-state index >= 15 is 0 Å². The van der Waals surface area contributed by atoms with Gasteiger partial charge in [-0.05, 0) is 37.1 Å². The minimum atomic E-state index is -0.0993. The van der Waals surface area contributed by atoms with Crippen LogP contribution in [-0.4, -0.2) is 32.2 Å². The molecule has 3 heterocycles. The third-order valence-corrected chi connectivity index (χ3v) is 5.71. The van der Waals surface area contributed by atoms with Gasteiger partial charge in [0.05, 0.1) is 29.2 Å². The summed E-state index contributed by atoms with van der Waals surface area (Å²) in [6.45, 7) is 0.471. The van der Waals surface area contributed by atoms with E-state index in [4.69, 9.17) is 5.73 Å². The van der Waals surface area contributed by atoms with Gasteiger partial charge in [0.2, 0.25) is 5.91 Å². The predicted molar refractivity (Wildman–Crippen MR) is 123 cm³/mol. The SMILES string of the molecule is N#Cc1c(CCCNC(=O)Cc2csc(-c3ccccn3)n2)nn(-c2ccccc2)c1N. The number of benzene rings is 1. The highest BCUT2D eigenvalue weighted by Gasteiger charge is 2.16. The van der Waals surface area contributed by atoms with Crippen LogP contribution in [0.1, 0.15) is 23.4 Å². The van der Waals surface area contributed by atoms with Crippen LogP contribution in [-0.2, 0) is 17.6 Å². The first kappa shape index (κ1) is 21.2. The number of nitrogens with one attached hydrogen (secondary N) is 1. The van der Waals surface area contributed by atoms with Crippen molar-refractivity contribution >= 4 is 23.1 Å². The van der Waals surface area contributed by atoms with Gasteiger partial charge in [0.25, 0.3) is 0 Å². The number of hydrogen-bond acceptors (Lipinski definition) is 7. The Hall–Kier alpha value is -4.03. The van der Waals surface area contributed by atoms with Crippen molar-refractivity contribution in [2.75, 3.05) is 12.3 Å². The van der Waals surface area contributed by atoms with Crippen LogP contribution in [0.3, 0.4) is 0 Å². The lowest BCUT2D eigenvalue weighted by atomic mass is 10.1. The molecule has 0 saturated heterocycles. The molecule has 0 unspecified atom stereocenters. The van der Waals surface area contributed by atoms with Gasteiger partial charge < -0.3 is 11.1 Å². The van der Waals surface area contributed by atoms with Gasteiger partial charge >= 0.3 is 0 Å². The first-order valence-electron chi connectivity index (χ1n) is 10.1. The Bertz CT molecular complexity index is 1240. The van der Waals surface area contributed by atoms with Gasteiger partial charge in [0, 0.05) is 18.1 Å². The lowest BCUT2D eigenvalue weighted by Crippen LogP contribution is -2.26. The Labute approximate surface area is 189 Å². The van der Waals surface area contributed by atoms with Gasteiger partial charge in [0.15, 0.2) is 0 Å². The zero-order chi connectivity index (χ0) is 22.3. The molecule has 3 N–H and O–H groups in total. The summed E-state index contributed by atoms with van der Waals surface area (Å²) in [5, 5.41) is 19.6. The number of nitrogens with two attached hydrogens (primary N) is 1. The van der Waals surface area contributed by atoms with Gasteiger partial charge in [-0.1, -0.05) is 24.3 Å². The molecule has 0 aliphatic rings. The first-order valence-corrected chi connectivity index (χ1v) is 11.0. The third-order valence-electron chi connectivity index (χ3n) is 4.80. The van der Waals surface area contributed by atoms with Crippen molar-refractivity contribution in [2.45, 2.75) is 19.3 Å². The third kappa shape index (κ3) is 4.82. The Balaban J connectivity index is 1.30. The van der Waals surface area contributed by atoms with Crippen molar-refractivity contribution in [1.82, 2.24) is 25.1 Å². The molecule has 160 valence electrons. The second-order valence-electron chi connectivity index (χ2n) is 7.06. The number of amides is 1. The van der Waals surface area contributed by atoms with E-state index in [0.29, 0.717) is 42.2 Å². The fourth-order valence-electron chi connectivity index (χ4n) is 3.25. The van der Waals surface area contributed by atoms with Gasteiger partial charge in [-0.15, -0.1) is 11.3 Å². The van der Waals surface area contributed by atoms with Crippen LogP contribution in [0.15, 0.2) is 60.1 Å². The number of nitrogens with zero attached hydrogens (tertiary/aromatic N) is 5. The summed E-state index contributed by atoms with van der Waals surface area (Å²) < 4.78 is 1.58. The molecule has 32 heavy (non-hydrogen) atoms. The van der Waals surface area contributed by atoms with Crippen molar-refractivity contribution in [2.24, 2.45) is 0 Å². The van der Waals surface area contributed by atoms with Gasteiger partial charge in [-0.2, -0.15) is 10.4 Å². The molecule has 0 aliphatic carbocycles. The maximum atomic E-state index is 12.3. The van der Waals surface area contributed by atoms with Crippen molar-refractivity contribution in [3.05, 3.63) is 77.1 Å². The van der Waals surface area contributed by atoms with E-state index in [-0.39, 0.29) is 12.3 Å². The Morgan fingerprint density at radius 2 is 2.00 bits per heavy atom. The number of pyridine rings is 1. The zero-order valence-corrected chi connectivity index (χ0v) is 18.0. The smallest absolute Gasteiger partial charge is 0.226 e. The molecular weight excluding hydrogens is 422 g/mol. The fourth-order valence-corrected chi connectivity index (χ4v) is 4.04. The van der Waals surface area contributed by atoms with Gasteiger partial charge in [-0.25, -0.2) is 9.67 Å².